The van der Waals surface area contributed by atoms with Gasteiger partial charge in [-0.05, 0) is 24.7 Å². The van der Waals surface area contributed by atoms with E-state index in [1.54, 1.807) is 0 Å². The van der Waals surface area contributed by atoms with E-state index in [1.807, 2.05) is 0 Å². The summed E-state index contributed by atoms with van der Waals surface area (Å²) in [6, 6.07) is 0. The fourth-order valence-electron chi connectivity index (χ4n) is 3.48. The van der Waals surface area contributed by atoms with E-state index in [0.717, 1.165) is 19.3 Å². The molecule has 1 aliphatic carbocycles. The maximum Gasteiger partial charge on any atom is 0.225 e. The zero-order valence-electron chi connectivity index (χ0n) is 12.1. The summed E-state index contributed by atoms with van der Waals surface area (Å²) in [5.41, 5.74) is 11.2. The summed E-state index contributed by atoms with van der Waals surface area (Å²) in [6.07, 6.45) is 10.5. The molecule has 1 atom stereocenters. The Morgan fingerprint density at radius 3 is 1.83 bits per heavy atom. The first-order chi connectivity index (χ1) is 8.58. The zero-order chi connectivity index (χ0) is 13.6. The highest BCUT2D eigenvalue weighted by Crippen LogP contribution is 2.68. The summed E-state index contributed by atoms with van der Waals surface area (Å²) in [7, 11) is 0. The van der Waals surface area contributed by atoms with Crippen molar-refractivity contribution >= 4 is 5.91 Å². The lowest BCUT2D eigenvalue weighted by atomic mass is 9.83. The Balaban J connectivity index is 2.63. The molecular formula is C15H30N2O. The smallest absolute Gasteiger partial charge is 0.225 e. The molecule has 1 fully saturated rings. The van der Waals surface area contributed by atoms with Crippen LogP contribution in [0, 0.1) is 10.8 Å². The third-order valence-electron chi connectivity index (χ3n) is 4.87. The second kappa shape index (κ2) is 6.55. The number of carbonyl (C=O) groups excluding carboxylic acids is 1. The van der Waals surface area contributed by atoms with Crippen molar-refractivity contribution in [1.82, 2.24) is 0 Å². The van der Waals surface area contributed by atoms with Gasteiger partial charge in [-0.15, -0.1) is 0 Å². The summed E-state index contributed by atoms with van der Waals surface area (Å²) >= 11 is 0. The number of nitrogens with two attached hydrogens (primary N) is 2. The van der Waals surface area contributed by atoms with Crippen LogP contribution in [0.5, 0.6) is 0 Å². The van der Waals surface area contributed by atoms with Gasteiger partial charge in [-0.1, -0.05) is 52.4 Å². The largest absolute Gasteiger partial charge is 0.369 e. The monoisotopic (exact) mass is 254 g/mol. The molecule has 3 nitrogen and oxygen atoms in total. The van der Waals surface area contributed by atoms with Crippen molar-refractivity contribution in [2.45, 2.75) is 71.6 Å². The highest BCUT2D eigenvalue weighted by molar-refractivity contribution is 5.85. The lowest BCUT2D eigenvalue weighted by molar-refractivity contribution is -0.124. The SMILES string of the molecule is CCCCCC1(CCCCC)CC1(CN)C(N)=O. The van der Waals surface area contributed by atoms with Crippen molar-refractivity contribution < 1.29 is 4.79 Å². The predicted molar refractivity (Wildman–Crippen MR) is 76.0 cm³/mol. The molecule has 1 amide bonds. The molecule has 1 unspecified atom stereocenters. The maximum absolute atomic E-state index is 11.7. The van der Waals surface area contributed by atoms with Crippen LogP contribution in [-0.4, -0.2) is 12.5 Å². The average molecular weight is 254 g/mol. The van der Waals surface area contributed by atoms with E-state index in [0.29, 0.717) is 6.54 Å². The Labute approximate surface area is 112 Å². The highest BCUT2D eigenvalue weighted by atomic mass is 16.1. The standard InChI is InChI=1S/C15H30N2O/c1-3-5-7-9-14(10-8-6-4-2)11-15(14,12-16)13(17)18/h3-12,16H2,1-2H3,(H2,17,18). The van der Waals surface area contributed by atoms with E-state index >= 15 is 0 Å². The summed E-state index contributed by atoms with van der Waals surface area (Å²) < 4.78 is 0. The van der Waals surface area contributed by atoms with Crippen LogP contribution in [0.25, 0.3) is 0 Å². The molecule has 0 saturated heterocycles. The minimum atomic E-state index is -0.380. The summed E-state index contributed by atoms with van der Waals surface area (Å²) in [5.74, 6) is -0.169. The van der Waals surface area contributed by atoms with Crippen LogP contribution in [0.4, 0.5) is 0 Å². The van der Waals surface area contributed by atoms with Gasteiger partial charge in [-0.3, -0.25) is 4.79 Å². The Bertz CT molecular complexity index is 268. The molecule has 1 rings (SSSR count). The van der Waals surface area contributed by atoms with Gasteiger partial charge in [0.2, 0.25) is 5.91 Å². The van der Waals surface area contributed by atoms with Gasteiger partial charge in [0.1, 0.15) is 0 Å². The van der Waals surface area contributed by atoms with Crippen molar-refractivity contribution in [3.63, 3.8) is 0 Å². The fourth-order valence-corrected chi connectivity index (χ4v) is 3.48. The number of rotatable bonds is 10. The van der Waals surface area contributed by atoms with Crippen LogP contribution >= 0.6 is 0 Å². The average Bonchev–Trinajstić information content (AvgIpc) is 3.00. The van der Waals surface area contributed by atoms with Crippen LogP contribution in [0.2, 0.25) is 0 Å². The fraction of sp³-hybridized carbons (Fsp3) is 0.933. The topological polar surface area (TPSA) is 69.1 Å². The molecule has 3 heteroatoms. The number of primary amides is 1. The van der Waals surface area contributed by atoms with E-state index in [2.05, 4.69) is 13.8 Å². The number of unbranched alkanes of at least 4 members (excludes halogenated alkanes) is 4. The quantitative estimate of drug-likeness (QED) is 0.588. The van der Waals surface area contributed by atoms with Gasteiger partial charge in [0.25, 0.3) is 0 Å². The molecule has 1 aliphatic rings. The first kappa shape index (κ1) is 15.5. The Morgan fingerprint density at radius 1 is 1.06 bits per heavy atom. The molecule has 1 saturated carbocycles. The lowest BCUT2D eigenvalue weighted by Crippen LogP contribution is -2.37. The van der Waals surface area contributed by atoms with Gasteiger partial charge >= 0.3 is 0 Å². The maximum atomic E-state index is 11.7. The number of carbonyl (C=O) groups is 1. The van der Waals surface area contributed by atoms with Crippen molar-refractivity contribution in [3.8, 4) is 0 Å². The first-order valence-electron chi connectivity index (χ1n) is 7.58. The Kier molecular flexibility index (Phi) is 5.64. The van der Waals surface area contributed by atoms with Gasteiger partial charge in [0, 0.05) is 6.54 Å². The zero-order valence-corrected chi connectivity index (χ0v) is 12.1. The molecular weight excluding hydrogens is 224 g/mol. The second-order valence-corrected chi connectivity index (χ2v) is 6.02. The van der Waals surface area contributed by atoms with Crippen LogP contribution in [-0.2, 0) is 4.79 Å². The summed E-state index contributed by atoms with van der Waals surface area (Å²) in [4.78, 5) is 11.7. The molecule has 0 bridgehead atoms. The third-order valence-corrected chi connectivity index (χ3v) is 4.87. The molecule has 4 N–H and O–H groups in total. The predicted octanol–water partition coefficient (Wildman–Crippen LogP) is 2.97. The van der Waals surface area contributed by atoms with E-state index < -0.39 is 0 Å². The molecule has 18 heavy (non-hydrogen) atoms. The highest BCUT2D eigenvalue weighted by Gasteiger charge is 2.68. The Morgan fingerprint density at radius 2 is 1.56 bits per heavy atom. The minimum Gasteiger partial charge on any atom is -0.369 e. The molecule has 0 aromatic carbocycles. The summed E-state index contributed by atoms with van der Waals surface area (Å²) in [5, 5.41) is 0. The van der Waals surface area contributed by atoms with E-state index in [-0.39, 0.29) is 16.7 Å². The minimum absolute atomic E-state index is 0.137. The van der Waals surface area contributed by atoms with E-state index in [9.17, 15) is 4.79 Å². The molecule has 0 aromatic heterocycles. The van der Waals surface area contributed by atoms with Gasteiger partial charge in [-0.2, -0.15) is 0 Å². The third kappa shape index (κ3) is 2.87. The number of amides is 1. The van der Waals surface area contributed by atoms with Gasteiger partial charge in [0.05, 0.1) is 5.41 Å². The van der Waals surface area contributed by atoms with Crippen molar-refractivity contribution in [1.29, 1.82) is 0 Å². The molecule has 0 aliphatic heterocycles. The van der Waals surface area contributed by atoms with Gasteiger partial charge < -0.3 is 11.5 Å². The van der Waals surface area contributed by atoms with Crippen LogP contribution < -0.4 is 11.5 Å². The van der Waals surface area contributed by atoms with Crippen LogP contribution in [0.1, 0.15) is 71.6 Å². The van der Waals surface area contributed by atoms with Gasteiger partial charge in [-0.25, -0.2) is 0 Å². The molecule has 0 radical (unpaired) electrons. The second-order valence-electron chi connectivity index (χ2n) is 6.02. The normalized spacial score (nSPS) is 25.1. The van der Waals surface area contributed by atoms with Crippen molar-refractivity contribution in [2.75, 3.05) is 6.54 Å². The lowest BCUT2D eigenvalue weighted by Gasteiger charge is -2.23. The van der Waals surface area contributed by atoms with E-state index in [1.165, 1.54) is 38.5 Å². The molecule has 106 valence electrons. The molecule has 0 spiro atoms. The molecule has 0 heterocycles. The molecule has 0 aromatic rings. The number of hydrogen-bond donors (Lipinski definition) is 2. The van der Waals surface area contributed by atoms with Gasteiger partial charge in [0.15, 0.2) is 0 Å². The van der Waals surface area contributed by atoms with Crippen LogP contribution in [0.3, 0.4) is 0 Å². The van der Waals surface area contributed by atoms with Crippen LogP contribution in [0.15, 0.2) is 0 Å². The summed E-state index contributed by atoms with van der Waals surface area (Å²) in [6.45, 7) is 4.85. The number of hydrogen-bond acceptors (Lipinski definition) is 2. The Hall–Kier alpha value is -0.570. The first-order valence-corrected chi connectivity index (χ1v) is 7.58. The van der Waals surface area contributed by atoms with E-state index in [4.69, 9.17) is 11.5 Å². The van der Waals surface area contributed by atoms with Crippen molar-refractivity contribution in [3.05, 3.63) is 0 Å². The van der Waals surface area contributed by atoms with Crippen molar-refractivity contribution in [2.24, 2.45) is 22.3 Å².